The largest absolute Gasteiger partial charge is 0.355 e. The molecule has 0 spiro atoms. The summed E-state index contributed by atoms with van der Waals surface area (Å²) in [6.45, 7) is 2.12. The van der Waals surface area contributed by atoms with Crippen molar-refractivity contribution in [2.75, 3.05) is 6.54 Å². The van der Waals surface area contributed by atoms with E-state index in [1.165, 1.54) is 11.3 Å². The molecule has 18 heavy (non-hydrogen) atoms. The smallest absolute Gasteiger partial charge is 0.242 e. The number of halogens is 1. The molecular formula is C10H13BrN2O3S2. The molecule has 2 heterocycles. The average Bonchev–Trinajstić information content (AvgIpc) is 2.62. The number of amides is 1. The molecule has 2 rings (SSSR count). The van der Waals surface area contributed by atoms with E-state index in [1.54, 1.807) is 13.0 Å². The van der Waals surface area contributed by atoms with E-state index < -0.39 is 10.0 Å². The van der Waals surface area contributed by atoms with Gasteiger partial charge >= 0.3 is 0 Å². The lowest BCUT2D eigenvalue weighted by molar-refractivity contribution is -0.122. The summed E-state index contributed by atoms with van der Waals surface area (Å²) in [6, 6.07) is 1.37. The van der Waals surface area contributed by atoms with E-state index >= 15 is 0 Å². The molecule has 1 amide bonds. The van der Waals surface area contributed by atoms with Crippen molar-refractivity contribution in [3.8, 4) is 0 Å². The fourth-order valence-corrected chi connectivity index (χ4v) is 5.50. The highest BCUT2D eigenvalue weighted by Crippen LogP contribution is 2.29. The zero-order valence-corrected chi connectivity index (χ0v) is 12.9. The number of nitrogens with one attached hydrogen (secondary N) is 2. The van der Waals surface area contributed by atoms with E-state index in [-0.39, 0.29) is 11.9 Å². The first-order valence-electron chi connectivity index (χ1n) is 5.43. The van der Waals surface area contributed by atoms with Crippen molar-refractivity contribution >= 4 is 43.2 Å². The van der Waals surface area contributed by atoms with Crippen LogP contribution in [0.1, 0.15) is 17.7 Å². The molecule has 0 radical (unpaired) electrons. The molecule has 0 aliphatic carbocycles. The van der Waals surface area contributed by atoms with Gasteiger partial charge in [0.05, 0.1) is 8.68 Å². The molecule has 0 saturated carbocycles. The van der Waals surface area contributed by atoms with Crippen molar-refractivity contribution < 1.29 is 13.2 Å². The highest BCUT2D eigenvalue weighted by Gasteiger charge is 2.26. The van der Waals surface area contributed by atoms with Crippen LogP contribution in [0.2, 0.25) is 0 Å². The van der Waals surface area contributed by atoms with Crippen molar-refractivity contribution in [2.45, 2.75) is 30.7 Å². The van der Waals surface area contributed by atoms with Crippen LogP contribution in [0.3, 0.4) is 0 Å². The van der Waals surface area contributed by atoms with Gasteiger partial charge in [-0.15, -0.1) is 11.3 Å². The van der Waals surface area contributed by atoms with Crippen molar-refractivity contribution in [1.29, 1.82) is 0 Å². The van der Waals surface area contributed by atoms with Gasteiger partial charge in [-0.3, -0.25) is 4.79 Å². The van der Waals surface area contributed by atoms with Crippen LogP contribution in [-0.2, 0) is 14.8 Å². The third-order valence-electron chi connectivity index (χ3n) is 2.72. The molecule has 1 aromatic heterocycles. The summed E-state index contributed by atoms with van der Waals surface area (Å²) in [5.41, 5.74) is 0. The normalized spacial score (nSPS) is 20.8. The number of rotatable bonds is 3. The van der Waals surface area contributed by atoms with Gasteiger partial charge in [-0.2, -0.15) is 0 Å². The topological polar surface area (TPSA) is 75.3 Å². The van der Waals surface area contributed by atoms with Gasteiger partial charge in [0.1, 0.15) is 0 Å². The minimum absolute atomic E-state index is 0.0279. The molecule has 8 heteroatoms. The van der Waals surface area contributed by atoms with Crippen LogP contribution in [0, 0.1) is 6.92 Å². The molecular weight excluding hydrogens is 340 g/mol. The van der Waals surface area contributed by atoms with Crippen LogP contribution in [0.15, 0.2) is 14.7 Å². The SMILES string of the molecule is Cc1sc(Br)cc1S(=O)(=O)NC1CCC(=O)NC1. The zero-order valence-electron chi connectivity index (χ0n) is 9.70. The maximum absolute atomic E-state index is 12.2. The minimum atomic E-state index is -3.51. The van der Waals surface area contributed by atoms with Gasteiger partial charge in [-0.05, 0) is 35.3 Å². The van der Waals surface area contributed by atoms with Gasteiger partial charge < -0.3 is 5.32 Å². The summed E-state index contributed by atoms with van der Waals surface area (Å²) in [6.07, 6.45) is 0.898. The van der Waals surface area contributed by atoms with Gasteiger partial charge in [0.25, 0.3) is 0 Å². The Hall–Kier alpha value is -0.440. The first-order chi connectivity index (χ1) is 8.38. The number of carbonyl (C=O) groups is 1. The van der Waals surface area contributed by atoms with Crippen LogP contribution in [0.4, 0.5) is 0 Å². The lowest BCUT2D eigenvalue weighted by Crippen LogP contribution is -2.47. The number of thiophene rings is 1. The maximum Gasteiger partial charge on any atom is 0.242 e. The zero-order chi connectivity index (χ0) is 13.3. The van der Waals surface area contributed by atoms with E-state index in [2.05, 4.69) is 26.0 Å². The third kappa shape index (κ3) is 3.11. The van der Waals surface area contributed by atoms with E-state index in [4.69, 9.17) is 0 Å². The van der Waals surface area contributed by atoms with Crippen LogP contribution < -0.4 is 10.0 Å². The van der Waals surface area contributed by atoms with E-state index in [0.717, 1.165) is 8.66 Å². The Balaban J connectivity index is 2.12. The molecule has 5 nitrogen and oxygen atoms in total. The lowest BCUT2D eigenvalue weighted by Gasteiger charge is -2.23. The molecule has 100 valence electrons. The number of carbonyl (C=O) groups excluding carboxylic acids is 1. The maximum atomic E-state index is 12.2. The quantitative estimate of drug-likeness (QED) is 0.862. The summed E-state index contributed by atoms with van der Waals surface area (Å²) in [7, 11) is -3.51. The Morgan fingerprint density at radius 2 is 2.28 bits per heavy atom. The summed E-state index contributed by atoms with van der Waals surface area (Å²) in [5.74, 6) is -0.0279. The predicted molar refractivity (Wildman–Crippen MR) is 73.1 cm³/mol. The van der Waals surface area contributed by atoms with Crippen molar-refractivity contribution in [1.82, 2.24) is 10.0 Å². The predicted octanol–water partition coefficient (Wildman–Crippen LogP) is 1.38. The number of piperidine rings is 1. The standard InChI is InChI=1S/C10H13BrN2O3S2/c1-6-8(4-9(11)17-6)18(15,16)13-7-2-3-10(14)12-5-7/h4,7,13H,2-3,5H2,1H3,(H,12,14). The van der Waals surface area contributed by atoms with Crippen LogP contribution in [-0.4, -0.2) is 26.9 Å². The molecule has 1 aliphatic rings. The summed E-state index contributed by atoms with van der Waals surface area (Å²) in [5, 5.41) is 2.65. The lowest BCUT2D eigenvalue weighted by atomic mass is 10.1. The van der Waals surface area contributed by atoms with Crippen LogP contribution >= 0.6 is 27.3 Å². The molecule has 1 saturated heterocycles. The molecule has 1 fully saturated rings. The highest BCUT2D eigenvalue weighted by atomic mass is 79.9. The van der Waals surface area contributed by atoms with Crippen molar-refractivity contribution in [2.24, 2.45) is 0 Å². The summed E-state index contributed by atoms with van der Waals surface area (Å²) in [4.78, 5) is 12.1. The fraction of sp³-hybridized carbons (Fsp3) is 0.500. The minimum Gasteiger partial charge on any atom is -0.355 e. The van der Waals surface area contributed by atoms with E-state index in [1.807, 2.05) is 0 Å². The fourth-order valence-electron chi connectivity index (χ4n) is 1.81. The third-order valence-corrected chi connectivity index (χ3v) is 6.05. The van der Waals surface area contributed by atoms with Crippen LogP contribution in [0.25, 0.3) is 0 Å². The second-order valence-corrected chi connectivity index (χ2v) is 8.45. The van der Waals surface area contributed by atoms with Gasteiger partial charge in [0, 0.05) is 23.9 Å². The first-order valence-corrected chi connectivity index (χ1v) is 8.53. The van der Waals surface area contributed by atoms with Gasteiger partial charge in [-0.1, -0.05) is 0 Å². The second-order valence-electron chi connectivity index (χ2n) is 4.13. The number of aryl methyl sites for hydroxylation is 1. The molecule has 1 unspecified atom stereocenters. The van der Waals surface area contributed by atoms with Gasteiger partial charge in [0.15, 0.2) is 0 Å². The molecule has 1 aromatic rings. The second kappa shape index (κ2) is 5.28. The molecule has 1 aliphatic heterocycles. The number of hydrogen-bond acceptors (Lipinski definition) is 4. The molecule has 2 N–H and O–H groups in total. The molecule has 1 atom stereocenters. The van der Waals surface area contributed by atoms with Crippen LogP contribution in [0.5, 0.6) is 0 Å². The first kappa shape index (κ1) is 14.0. The number of sulfonamides is 1. The Labute approximate surface area is 118 Å². The Kier molecular flexibility index (Phi) is 4.10. The van der Waals surface area contributed by atoms with Gasteiger partial charge in [0.2, 0.25) is 15.9 Å². The van der Waals surface area contributed by atoms with Gasteiger partial charge in [-0.25, -0.2) is 13.1 Å². The monoisotopic (exact) mass is 352 g/mol. The van der Waals surface area contributed by atoms with E-state index in [9.17, 15) is 13.2 Å². The average molecular weight is 353 g/mol. The summed E-state index contributed by atoms with van der Waals surface area (Å²) < 4.78 is 27.8. The number of hydrogen-bond donors (Lipinski definition) is 2. The van der Waals surface area contributed by atoms with Crippen molar-refractivity contribution in [3.63, 3.8) is 0 Å². The highest BCUT2D eigenvalue weighted by molar-refractivity contribution is 9.11. The molecule has 0 bridgehead atoms. The van der Waals surface area contributed by atoms with Crippen molar-refractivity contribution in [3.05, 3.63) is 14.7 Å². The Bertz CT molecular complexity index is 558. The Morgan fingerprint density at radius 3 is 2.78 bits per heavy atom. The van der Waals surface area contributed by atoms with E-state index in [0.29, 0.717) is 24.3 Å². The summed E-state index contributed by atoms with van der Waals surface area (Å²) >= 11 is 4.66. The Morgan fingerprint density at radius 1 is 1.56 bits per heavy atom. The molecule has 0 aromatic carbocycles.